The van der Waals surface area contributed by atoms with Gasteiger partial charge in [0.05, 0.1) is 11.3 Å². The number of nitrogens with one attached hydrogen (secondary N) is 1. The molecule has 1 amide bonds. The number of nitriles is 1. The maximum Gasteiger partial charge on any atom is 0.235 e. The normalized spacial score (nSPS) is 15.8. The summed E-state index contributed by atoms with van der Waals surface area (Å²) in [5.74, 6) is 1.69. The standard InChI is InChI=1S/C21H23N5OS3/c1-12(2)26-19(16-10-29-17-8-13(3)4-5-15(16)17)24-25-21(26)30-11-18(27)23-20-14(9-22)6-7-28-20/h6-7,10,12-13H,4-5,8,11H2,1-3H3,(H,23,27). The number of thioether (sulfide) groups is 1. The van der Waals surface area contributed by atoms with Crippen molar-refractivity contribution >= 4 is 45.3 Å². The summed E-state index contributed by atoms with van der Waals surface area (Å²) in [6, 6.07) is 3.98. The van der Waals surface area contributed by atoms with Gasteiger partial charge in [-0.25, -0.2) is 0 Å². The highest BCUT2D eigenvalue weighted by Gasteiger charge is 2.25. The number of hydrogen-bond acceptors (Lipinski definition) is 7. The molecule has 156 valence electrons. The Morgan fingerprint density at radius 3 is 3.03 bits per heavy atom. The number of anilines is 1. The fourth-order valence-corrected chi connectivity index (χ4v) is 6.54. The first-order valence-electron chi connectivity index (χ1n) is 9.92. The Kier molecular flexibility index (Phi) is 6.27. The van der Waals surface area contributed by atoms with Crippen molar-refractivity contribution in [2.75, 3.05) is 11.1 Å². The van der Waals surface area contributed by atoms with Crippen LogP contribution in [0.2, 0.25) is 0 Å². The Bertz CT molecular complexity index is 1100. The quantitative estimate of drug-likeness (QED) is 0.503. The zero-order valence-electron chi connectivity index (χ0n) is 17.1. The summed E-state index contributed by atoms with van der Waals surface area (Å²) in [6.07, 6.45) is 3.44. The Morgan fingerprint density at radius 1 is 1.43 bits per heavy atom. The fourth-order valence-electron chi connectivity index (χ4n) is 3.68. The molecule has 6 nitrogen and oxygen atoms in total. The second-order valence-corrected chi connectivity index (χ2v) is 10.6. The van der Waals surface area contributed by atoms with Gasteiger partial charge >= 0.3 is 0 Å². The summed E-state index contributed by atoms with van der Waals surface area (Å²) in [6.45, 7) is 6.54. The number of amides is 1. The molecule has 0 radical (unpaired) electrons. The van der Waals surface area contributed by atoms with E-state index in [0.29, 0.717) is 10.6 Å². The molecular formula is C21H23N5OS3. The lowest BCUT2D eigenvalue weighted by Crippen LogP contribution is -2.15. The maximum absolute atomic E-state index is 12.4. The molecule has 3 aromatic rings. The van der Waals surface area contributed by atoms with Crippen LogP contribution < -0.4 is 5.32 Å². The van der Waals surface area contributed by atoms with Gasteiger partial charge < -0.3 is 5.32 Å². The number of carbonyl (C=O) groups excluding carboxylic acids is 1. The Morgan fingerprint density at radius 2 is 2.27 bits per heavy atom. The molecule has 9 heteroatoms. The van der Waals surface area contributed by atoms with Gasteiger partial charge in [0.25, 0.3) is 0 Å². The summed E-state index contributed by atoms with van der Waals surface area (Å²) in [5, 5.41) is 26.2. The second kappa shape index (κ2) is 8.92. The fraction of sp³-hybridized carbons (Fsp3) is 0.429. The summed E-state index contributed by atoms with van der Waals surface area (Å²) >= 11 is 4.56. The predicted molar refractivity (Wildman–Crippen MR) is 123 cm³/mol. The van der Waals surface area contributed by atoms with E-state index in [1.807, 2.05) is 11.3 Å². The van der Waals surface area contributed by atoms with E-state index < -0.39 is 0 Å². The first-order valence-corrected chi connectivity index (χ1v) is 12.7. The van der Waals surface area contributed by atoms with Crippen LogP contribution >= 0.6 is 34.4 Å². The van der Waals surface area contributed by atoms with Crippen LogP contribution in [-0.4, -0.2) is 26.4 Å². The van der Waals surface area contributed by atoms with Gasteiger partial charge in [-0.15, -0.1) is 32.9 Å². The zero-order chi connectivity index (χ0) is 21.3. The number of rotatable bonds is 6. The SMILES string of the molecule is CC1CCc2c(-c3nnc(SCC(=O)Nc4sccc4C#N)n3C(C)C)csc2C1. The third kappa shape index (κ3) is 4.17. The summed E-state index contributed by atoms with van der Waals surface area (Å²) < 4.78 is 2.13. The number of hydrogen-bond donors (Lipinski definition) is 1. The molecule has 0 aliphatic heterocycles. The van der Waals surface area contributed by atoms with Gasteiger partial charge in [-0.1, -0.05) is 18.7 Å². The molecule has 0 spiro atoms. The van der Waals surface area contributed by atoms with Gasteiger partial charge in [0.2, 0.25) is 5.91 Å². The molecule has 0 aromatic carbocycles. The van der Waals surface area contributed by atoms with Crippen LogP contribution in [0.3, 0.4) is 0 Å². The minimum atomic E-state index is -0.152. The van der Waals surface area contributed by atoms with E-state index in [1.165, 1.54) is 45.5 Å². The van der Waals surface area contributed by atoms with Crippen molar-refractivity contribution in [2.24, 2.45) is 5.92 Å². The van der Waals surface area contributed by atoms with Gasteiger partial charge in [-0.3, -0.25) is 9.36 Å². The summed E-state index contributed by atoms with van der Waals surface area (Å²) in [7, 11) is 0. The molecule has 3 heterocycles. The summed E-state index contributed by atoms with van der Waals surface area (Å²) in [5.41, 5.74) is 3.10. The molecule has 1 unspecified atom stereocenters. The minimum Gasteiger partial charge on any atom is -0.316 e. The average Bonchev–Trinajstić information content (AvgIpc) is 3.43. The van der Waals surface area contributed by atoms with E-state index in [9.17, 15) is 4.79 Å². The third-order valence-corrected chi connectivity index (χ3v) is 8.02. The topological polar surface area (TPSA) is 83.6 Å². The Labute approximate surface area is 188 Å². The zero-order valence-corrected chi connectivity index (χ0v) is 19.6. The third-order valence-electron chi connectivity index (χ3n) is 5.19. The van der Waals surface area contributed by atoms with Crippen molar-refractivity contribution in [1.82, 2.24) is 14.8 Å². The van der Waals surface area contributed by atoms with Gasteiger partial charge in [-0.2, -0.15) is 5.26 Å². The van der Waals surface area contributed by atoms with Gasteiger partial charge in [0, 0.05) is 21.9 Å². The van der Waals surface area contributed by atoms with Crippen molar-refractivity contribution in [3.05, 3.63) is 32.8 Å². The maximum atomic E-state index is 12.4. The van der Waals surface area contributed by atoms with Gasteiger partial charge in [0.15, 0.2) is 11.0 Å². The second-order valence-electron chi connectivity index (χ2n) is 7.78. The van der Waals surface area contributed by atoms with Crippen molar-refractivity contribution in [1.29, 1.82) is 5.26 Å². The highest BCUT2D eigenvalue weighted by atomic mass is 32.2. The average molecular weight is 458 g/mol. The lowest BCUT2D eigenvalue weighted by atomic mass is 9.88. The van der Waals surface area contributed by atoms with E-state index in [4.69, 9.17) is 5.26 Å². The van der Waals surface area contributed by atoms with Crippen molar-refractivity contribution in [3.63, 3.8) is 0 Å². The molecule has 3 aromatic heterocycles. The molecular weight excluding hydrogens is 434 g/mol. The van der Waals surface area contributed by atoms with Crippen LogP contribution in [0.15, 0.2) is 22.0 Å². The number of fused-ring (bicyclic) bond motifs is 1. The number of nitrogens with zero attached hydrogens (tertiary/aromatic N) is 4. The Balaban J connectivity index is 1.52. The van der Waals surface area contributed by atoms with Crippen LogP contribution in [0.1, 0.15) is 49.2 Å². The van der Waals surface area contributed by atoms with E-state index in [2.05, 4.69) is 52.3 Å². The molecule has 0 bridgehead atoms. The highest BCUT2D eigenvalue weighted by molar-refractivity contribution is 7.99. The van der Waals surface area contributed by atoms with Gasteiger partial charge in [-0.05, 0) is 56.0 Å². The first kappa shape index (κ1) is 21.1. The van der Waals surface area contributed by atoms with E-state index in [1.54, 1.807) is 11.4 Å². The van der Waals surface area contributed by atoms with E-state index in [0.717, 1.165) is 29.7 Å². The molecule has 1 atom stereocenters. The van der Waals surface area contributed by atoms with E-state index in [-0.39, 0.29) is 17.7 Å². The van der Waals surface area contributed by atoms with Crippen LogP contribution in [0.25, 0.3) is 11.4 Å². The van der Waals surface area contributed by atoms with Crippen molar-refractivity contribution < 1.29 is 4.79 Å². The molecule has 1 aliphatic carbocycles. The van der Waals surface area contributed by atoms with E-state index >= 15 is 0 Å². The molecule has 0 fully saturated rings. The van der Waals surface area contributed by atoms with Crippen LogP contribution in [0, 0.1) is 17.2 Å². The Hall–Kier alpha value is -2.15. The summed E-state index contributed by atoms with van der Waals surface area (Å²) in [4.78, 5) is 13.9. The van der Waals surface area contributed by atoms with Crippen molar-refractivity contribution in [3.8, 4) is 17.5 Å². The van der Waals surface area contributed by atoms with Gasteiger partial charge in [0.1, 0.15) is 11.1 Å². The predicted octanol–water partition coefficient (Wildman–Crippen LogP) is 5.38. The first-order chi connectivity index (χ1) is 14.5. The largest absolute Gasteiger partial charge is 0.316 e. The van der Waals surface area contributed by atoms with Crippen molar-refractivity contribution in [2.45, 2.75) is 51.2 Å². The smallest absolute Gasteiger partial charge is 0.235 e. The lowest BCUT2D eigenvalue weighted by Gasteiger charge is -2.19. The molecule has 1 aliphatic rings. The number of aromatic nitrogens is 3. The van der Waals surface area contributed by atoms with Crippen LogP contribution in [0.4, 0.5) is 5.00 Å². The molecule has 30 heavy (non-hydrogen) atoms. The molecule has 4 rings (SSSR count). The lowest BCUT2D eigenvalue weighted by molar-refractivity contribution is -0.113. The monoisotopic (exact) mass is 457 g/mol. The van der Waals surface area contributed by atoms with Crippen LogP contribution in [-0.2, 0) is 17.6 Å². The molecule has 0 saturated heterocycles. The number of carbonyl (C=O) groups is 1. The molecule has 0 saturated carbocycles. The van der Waals surface area contributed by atoms with Crippen LogP contribution in [0.5, 0.6) is 0 Å². The molecule has 1 N–H and O–H groups in total. The number of thiophene rings is 2. The minimum absolute atomic E-state index is 0.152. The highest BCUT2D eigenvalue weighted by Crippen LogP contribution is 2.39.